The largest absolute Gasteiger partial charge is 0.468 e. The number of pyridine rings is 1. The normalized spacial score (nSPS) is 10.3. The van der Waals surface area contributed by atoms with Crippen LogP contribution in [0.15, 0.2) is 30.5 Å². The SMILES string of the molecule is COC(=O)CN(C)c1ccc2ncccc2c1[N+](=O)[O-]. The van der Waals surface area contributed by atoms with Gasteiger partial charge in [-0.1, -0.05) is 0 Å². The van der Waals surface area contributed by atoms with E-state index in [-0.39, 0.29) is 12.2 Å². The quantitative estimate of drug-likeness (QED) is 0.480. The van der Waals surface area contributed by atoms with Crippen LogP contribution in [0.4, 0.5) is 11.4 Å². The summed E-state index contributed by atoms with van der Waals surface area (Å²) in [4.78, 5) is 27.7. The molecule has 7 nitrogen and oxygen atoms in total. The number of nitro benzene ring substituents is 1. The highest BCUT2D eigenvalue weighted by atomic mass is 16.6. The Labute approximate surface area is 114 Å². The molecule has 0 aliphatic rings. The molecule has 0 amide bonds. The van der Waals surface area contributed by atoms with Crippen LogP contribution in [0.2, 0.25) is 0 Å². The molecule has 2 rings (SSSR count). The van der Waals surface area contributed by atoms with Gasteiger partial charge in [-0.15, -0.1) is 0 Å². The molecule has 0 fully saturated rings. The summed E-state index contributed by atoms with van der Waals surface area (Å²) >= 11 is 0. The van der Waals surface area contributed by atoms with Gasteiger partial charge in [0.05, 0.1) is 22.9 Å². The molecule has 0 saturated heterocycles. The monoisotopic (exact) mass is 275 g/mol. The molecule has 0 atom stereocenters. The topological polar surface area (TPSA) is 85.6 Å². The highest BCUT2D eigenvalue weighted by Gasteiger charge is 2.22. The number of nitro groups is 1. The lowest BCUT2D eigenvalue weighted by Crippen LogP contribution is -2.27. The molecule has 0 radical (unpaired) electrons. The van der Waals surface area contributed by atoms with E-state index in [2.05, 4.69) is 9.72 Å². The Morgan fingerprint density at radius 3 is 2.85 bits per heavy atom. The van der Waals surface area contributed by atoms with Crippen molar-refractivity contribution in [3.8, 4) is 0 Å². The smallest absolute Gasteiger partial charge is 0.325 e. The number of carbonyl (C=O) groups is 1. The molecule has 1 aromatic heterocycles. The lowest BCUT2D eigenvalue weighted by atomic mass is 10.1. The first-order chi connectivity index (χ1) is 9.54. The van der Waals surface area contributed by atoms with E-state index in [1.807, 2.05) is 0 Å². The molecule has 0 saturated carbocycles. The Hall–Kier alpha value is -2.70. The Morgan fingerprint density at radius 1 is 1.45 bits per heavy atom. The molecule has 0 aliphatic heterocycles. The maximum absolute atomic E-state index is 11.3. The molecule has 7 heteroatoms. The van der Waals surface area contributed by atoms with Crippen LogP contribution in [0.1, 0.15) is 0 Å². The number of esters is 1. The Kier molecular flexibility index (Phi) is 3.79. The summed E-state index contributed by atoms with van der Waals surface area (Å²) in [5.74, 6) is -0.465. The van der Waals surface area contributed by atoms with Crippen LogP contribution in [0.25, 0.3) is 10.9 Å². The van der Waals surface area contributed by atoms with E-state index in [9.17, 15) is 14.9 Å². The lowest BCUT2D eigenvalue weighted by Gasteiger charge is -2.18. The summed E-state index contributed by atoms with van der Waals surface area (Å²) in [5.41, 5.74) is 0.817. The van der Waals surface area contributed by atoms with Gasteiger partial charge in [0.1, 0.15) is 12.2 Å². The molecule has 0 bridgehead atoms. The van der Waals surface area contributed by atoms with Crippen molar-refractivity contribution in [1.29, 1.82) is 0 Å². The van der Waals surface area contributed by atoms with Crippen molar-refractivity contribution in [3.05, 3.63) is 40.6 Å². The van der Waals surface area contributed by atoms with Crippen molar-refractivity contribution in [3.63, 3.8) is 0 Å². The van der Waals surface area contributed by atoms with Gasteiger partial charge < -0.3 is 9.64 Å². The summed E-state index contributed by atoms with van der Waals surface area (Å²) in [6.07, 6.45) is 1.57. The van der Waals surface area contributed by atoms with E-state index in [0.29, 0.717) is 16.6 Å². The van der Waals surface area contributed by atoms with Crippen LogP contribution in [-0.2, 0) is 9.53 Å². The maximum atomic E-state index is 11.3. The molecule has 2 aromatic rings. The first kappa shape index (κ1) is 13.7. The zero-order valence-electron chi connectivity index (χ0n) is 11.1. The number of hydrogen-bond donors (Lipinski definition) is 0. The molecule has 1 aromatic carbocycles. The average Bonchev–Trinajstić information content (AvgIpc) is 2.45. The molecular weight excluding hydrogens is 262 g/mol. The third-order valence-corrected chi connectivity index (χ3v) is 2.92. The van der Waals surface area contributed by atoms with Gasteiger partial charge in [0, 0.05) is 13.2 Å². The number of benzene rings is 1. The van der Waals surface area contributed by atoms with E-state index < -0.39 is 10.9 Å². The van der Waals surface area contributed by atoms with Gasteiger partial charge in [0.25, 0.3) is 0 Å². The summed E-state index contributed by atoms with van der Waals surface area (Å²) in [6.45, 7) is -0.0664. The first-order valence-corrected chi connectivity index (χ1v) is 5.84. The number of aromatic nitrogens is 1. The minimum atomic E-state index is -0.465. The van der Waals surface area contributed by atoms with Crippen LogP contribution >= 0.6 is 0 Å². The number of carbonyl (C=O) groups excluding carboxylic acids is 1. The minimum Gasteiger partial charge on any atom is -0.468 e. The van der Waals surface area contributed by atoms with Gasteiger partial charge in [-0.3, -0.25) is 19.9 Å². The molecular formula is C13H13N3O4. The highest BCUT2D eigenvalue weighted by molar-refractivity contribution is 5.95. The fraction of sp³-hybridized carbons (Fsp3) is 0.231. The van der Waals surface area contributed by atoms with Crippen molar-refractivity contribution in [1.82, 2.24) is 4.98 Å². The lowest BCUT2D eigenvalue weighted by molar-refractivity contribution is -0.382. The van der Waals surface area contributed by atoms with Crippen molar-refractivity contribution in [2.75, 3.05) is 25.6 Å². The summed E-state index contributed by atoms with van der Waals surface area (Å²) < 4.78 is 4.57. The van der Waals surface area contributed by atoms with Crippen LogP contribution < -0.4 is 4.90 Å². The minimum absolute atomic E-state index is 0.0664. The Morgan fingerprint density at radius 2 is 2.20 bits per heavy atom. The third-order valence-electron chi connectivity index (χ3n) is 2.92. The number of likely N-dealkylation sites (N-methyl/N-ethyl adjacent to an activating group) is 1. The Bertz CT molecular complexity index is 672. The Balaban J connectivity index is 2.55. The molecule has 0 unspecified atom stereocenters. The molecule has 1 heterocycles. The number of anilines is 1. The fourth-order valence-electron chi connectivity index (χ4n) is 1.97. The van der Waals surface area contributed by atoms with Crippen LogP contribution in [0, 0.1) is 10.1 Å². The van der Waals surface area contributed by atoms with Gasteiger partial charge in [0.2, 0.25) is 0 Å². The maximum Gasteiger partial charge on any atom is 0.325 e. The molecule has 0 N–H and O–H groups in total. The van der Waals surface area contributed by atoms with Gasteiger partial charge in [-0.05, 0) is 24.3 Å². The van der Waals surface area contributed by atoms with Gasteiger partial charge >= 0.3 is 11.7 Å². The van der Waals surface area contributed by atoms with Crippen molar-refractivity contribution >= 4 is 28.2 Å². The second-order valence-electron chi connectivity index (χ2n) is 4.19. The number of hydrogen-bond acceptors (Lipinski definition) is 6. The van der Waals surface area contributed by atoms with Crippen LogP contribution in [-0.4, -0.2) is 36.6 Å². The fourth-order valence-corrected chi connectivity index (χ4v) is 1.97. The average molecular weight is 275 g/mol. The first-order valence-electron chi connectivity index (χ1n) is 5.84. The van der Waals surface area contributed by atoms with Crippen LogP contribution in [0.3, 0.4) is 0 Å². The van der Waals surface area contributed by atoms with E-state index in [0.717, 1.165) is 0 Å². The van der Waals surface area contributed by atoms with Crippen molar-refractivity contribution < 1.29 is 14.5 Å². The summed E-state index contributed by atoms with van der Waals surface area (Å²) in [6, 6.07) is 6.54. The van der Waals surface area contributed by atoms with Gasteiger partial charge in [-0.2, -0.15) is 0 Å². The van der Waals surface area contributed by atoms with Crippen molar-refractivity contribution in [2.45, 2.75) is 0 Å². The second-order valence-corrected chi connectivity index (χ2v) is 4.19. The van der Waals surface area contributed by atoms with Crippen LogP contribution in [0.5, 0.6) is 0 Å². The summed E-state index contributed by atoms with van der Waals surface area (Å²) in [5, 5.41) is 11.8. The van der Waals surface area contributed by atoms with E-state index in [1.54, 1.807) is 37.5 Å². The molecule has 20 heavy (non-hydrogen) atoms. The van der Waals surface area contributed by atoms with Crippen molar-refractivity contribution in [2.24, 2.45) is 0 Å². The van der Waals surface area contributed by atoms with Gasteiger partial charge in [-0.25, -0.2) is 0 Å². The van der Waals surface area contributed by atoms with Gasteiger partial charge in [0.15, 0.2) is 0 Å². The predicted octanol–water partition coefficient (Wildman–Crippen LogP) is 1.75. The second kappa shape index (κ2) is 5.52. The number of ether oxygens (including phenoxy) is 1. The molecule has 0 aliphatic carbocycles. The van der Waals surface area contributed by atoms with E-state index >= 15 is 0 Å². The number of nitrogens with zero attached hydrogens (tertiary/aromatic N) is 3. The van der Waals surface area contributed by atoms with E-state index in [1.165, 1.54) is 12.0 Å². The number of methoxy groups -OCH3 is 1. The zero-order valence-corrected chi connectivity index (χ0v) is 11.1. The third kappa shape index (κ3) is 2.51. The summed E-state index contributed by atoms with van der Waals surface area (Å²) in [7, 11) is 2.87. The predicted molar refractivity (Wildman–Crippen MR) is 73.7 cm³/mol. The zero-order chi connectivity index (χ0) is 14.7. The van der Waals surface area contributed by atoms with E-state index in [4.69, 9.17) is 0 Å². The number of rotatable bonds is 4. The standard InChI is InChI=1S/C13H13N3O4/c1-15(8-12(17)20-2)11-6-5-10-9(4-3-7-14-10)13(11)16(18)19/h3-7H,8H2,1-2H3. The molecule has 0 spiro atoms. The highest BCUT2D eigenvalue weighted by Crippen LogP contribution is 2.34. The number of fused-ring (bicyclic) bond motifs is 1. The molecule has 104 valence electrons.